The van der Waals surface area contributed by atoms with Crippen LogP contribution in [0.5, 0.6) is 5.75 Å². The van der Waals surface area contributed by atoms with E-state index in [1.807, 2.05) is 26.0 Å². The van der Waals surface area contributed by atoms with Crippen molar-refractivity contribution in [2.45, 2.75) is 71.3 Å². The quantitative estimate of drug-likeness (QED) is 0.589. The predicted octanol–water partition coefficient (Wildman–Crippen LogP) is 4.95. The van der Waals surface area contributed by atoms with Gasteiger partial charge in [0.2, 0.25) is 5.91 Å². The Bertz CT molecular complexity index is 499. The number of aryl methyl sites for hydroxylation is 2. The van der Waals surface area contributed by atoms with Crippen LogP contribution in [0.3, 0.4) is 0 Å². The summed E-state index contributed by atoms with van der Waals surface area (Å²) in [5.41, 5.74) is 2.04. The van der Waals surface area contributed by atoms with Crippen LogP contribution >= 0.6 is 11.6 Å². The normalized spacial score (nSPS) is 16.0. The van der Waals surface area contributed by atoms with E-state index in [-0.39, 0.29) is 5.91 Å². The van der Waals surface area contributed by atoms with Gasteiger partial charge in [-0.3, -0.25) is 4.79 Å². The van der Waals surface area contributed by atoms with E-state index >= 15 is 0 Å². The number of hydrogen-bond donors (Lipinski definition) is 1. The molecule has 1 aliphatic rings. The summed E-state index contributed by atoms with van der Waals surface area (Å²) in [5.74, 6) is 0.984. The number of nitrogens with one attached hydrogen (secondary N) is 1. The molecule has 0 unspecified atom stereocenters. The van der Waals surface area contributed by atoms with Crippen molar-refractivity contribution in [3.05, 3.63) is 28.3 Å². The Balaban J connectivity index is 1.67. The molecular formula is C19H28ClNO2. The van der Waals surface area contributed by atoms with E-state index in [1.54, 1.807) is 0 Å². The van der Waals surface area contributed by atoms with Crippen LogP contribution in [-0.2, 0) is 4.79 Å². The molecule has 1 amide bonds. The van der Waals surface area contributed by atoms with Gasteiger partial charge in [-0.2, -0.15) is 0 Å². The molecule has 0 atom stereocenters. The lowest BCUT2D eigenvalue weighted by Crippen LogP contribution is -2.34. The Morgan fingerprint density at radius 2 is 1.78 bits per heavy atom. The lowest BCUT2D eigenvalue weighted by atomic mass is 10.1. The maximum absolute atomic E-state index is 12.0. The molecule has 4 heteroatoms. The first-order valence-electron chi connectivity index (χ1n) is 8.75. The van der Waals surface area contributed by atoms with Gasteiger partial charge >= 0.3 is 0 Å². The number of carbonyl (C=O) groups is 1. The number of rotatable bonds is 6. The number of benzene rings is 1. The number of carbonyl (C=O) groups excluding carboxylic acids is 1. The van der Waals surface area contributed by atoms with Crippen molar-refractivity contribution in [3.63, 3.8) is 0 Å². The fourth-order valence-corrected chi connectivity index (χ4v) is 3.24. The van der Waals surface area contributed by atoms with Gasteiger partial charge in [-0.15, -0.1) is 0 Å². The number of ether oxygens (including phenoxy) is 1. The molecule has 1 fully saturated rings. The maximum atomic E-state index is 12.0. The molecule has 0 spiro atoms. The van der Waals surface area contributed by atoms with E-state index in [0.717, 1.165) is 41.2 Å². The molecule has 0 bridgehead atoms. The highest BCUT2D eigenvalue weighted by molar-refractivity contribution is 6.32. The Kier molecular flexibility index (Phi) is 7.22. The Hall–Kier alpha value is -1.22. The molecule has 1 aromatic rings. The van der Waals surface area contributed by atoms with Gasteiger partial charge in [0.1, 0.15) is 5.75 Å². The zero-order valence-electron chi connectivity index (χ0n) is 14.3. The zero-order chi connectivity index (χ0) is 16.7. The van der Waals surface area contributed by atoms with Gasteiger partial charge in [0.05, 0.1) is 6.61 Å². The molecule has 0 radical (unpaired) electrons. The van der Waals surface area contributed by atoms with Gasteiger partial charge in [-0.1, -0.05) is 37.3 Å². The molecule has 128 valence electrons. The Morgan fingerprint density at radius 3 is 2.39 bits per heavy atom. The van der Waals surface area contributed by atoms with Crippen molar-refractivity contribution in [2.24, 2.45) is 0 Å². The summed E-state index contributed by atoms with van der Waals surface area (Å²) in [4.78, 5) is 12.0. The molecule has 0 aliphatic heterocycles. The smallest absolute Gasteiger partial charge is 0.220 e. The van der Waals surface area contributed by atoms with E-state index in [9.17, 15) is 4.79 Å². The van der Waals surface area contributed by atoms with Crippen molar-refractivity contribution >= 4 is 17.5 Å². The summed E-state index contributed by atoms with van der Waals surface area (Å²) < 4.78 is 5.74. The van der Waals surface area contributed by atoms with Gasteiger partial charge in [0.15, 0.2) is 0 Å². The van der Waals surface area contributed by atoms with Crippen LogP contribution in [0.15, 0.2) is 12.1 Å². The third-order valence-electron chi connectivity index (χ3n) is 4.45. The molecule has 2 rings (SSSR count). The molecular weight excluding hydrogens is 310 g/mol. The number of halogens is 1. The summed E-state index contributed by atoms with van der Waals surface area (Å²) in [7, 11) is 0. The fourth-order valence-electron chi connectivity index (χ4n) is 3.14. The molecule has 0 heterocycles. The van der Waals surface area contributed by atoms with E-state index < -0.39 is 0 Å². The molecule has 1 aliphatic carbocycles. The van der Waals surface area contributed by atoms with E-state index in [0.29, 0.717) is 19.1 Å². The zero-order valence-corrected chi connectivity index (χ0v) is 15.0. The topological polar surface area (TPSA) is 38.3 Å². The molecule has 0 aromatic heterocycles. The standard InChI is InChI=1S/C19H28ClNO2/c1-14-12-17(13-15(2)19(14)20)23-11-7-10-18(22)21-16-8-5-3-4-6-9-16/h12-13,16H,3-11H2,1-2H3,(H,21,22). The molecule has 1 saturated carbocycles. The molecule has 1 aromatic carbocycles. The van der Waals surface area contributed by atoms with Gasteiger partial charge in [0.25, 0.3) is 0 Å². The van der Waals surface area contributed by atoms with Crippen LogP contribution in [0.25, 0.3) is 0 Å². The highest BCUT2D eigenvalue weighted by Crippen LogP contribution is 2.26. The van der Waals surface area contributed by atoms with E-state index in [4.69, 9.17) is 16.3 Å². The first-order valence-corrected chi connectivity index (χ1v) is 9.13. The minimum Gasteiger partial charge on any atom is -0.494 e. The van der Waals surface area contributed by atoms with E-state index in [1.165, 1.54) is 25.7 Å². The third-order valence-corrected chi connectivity index (χ3v) is 5.04. The van der Waals surface area contributed by atoms with Crippen LogP contribution in [0.2, 0.25) is 5.02 Å². The second kappa shape index (κ2) is 9.17. The van der Waals surface area contributed by atoms with Gasteiger partial charge in [-0.05, 0) is 56.4 Å². The monoisotopic (exact) mass is 337 g/mol. The average Bonchev–Trinajstić information content (AvgIpc) is 2.77. The summed E-state index contributed by atoms with van der Waals surface area (Å²) in [6.45, 7) is 4.50. The number of hydrogen-bond acceptors (Lipinski definition) is 2. The van der Waals surface area contributed by atoms with Crippen LogP contribution in [-0.4, -0.2) is 18.6 Å². The predicted molar refractivity (Wildman–Crippen MR) is 95.3 cm³/mol. The number of amides is 1. The second-order valence-corrected chi connectivity index (χ2v) is 6.96. The first-order chi connectivity index (χ1) is 11.1. The highest BCUT2D eigenvalue weighted by atomic mass is 35.5. The molecule has 3 nitrogen and oxygen atoms in total. The molecule has 1 N–H and O–H groups in total. The van der Waals surface area contributed by atoms with E-state index in [2.05, 4.69) is 5.32 Å². The van der Waals surface area contributed by atoms with Crippen LogP contribution in [0.1, 0.15) is 62.5 Å². The minimum absolute atomic E-state index is 0.156. The maximum Gasteiger partial charge on any atom is 0.220 e. The molecule has 0 saturated heterocycles. The summed E-state index contributed by atoms with van der Waals surface area (Å²) in [5, 5.41) is 3.96. The average molecular weight is 338 g/mol. The third kappa shape index (κ3) is 6.06. The Morgan fingerprint density at radius 1 is 1.17 bits per heavy atom. The second-order valence-electron chi connectivity index (χ2n) is 6.58. The van der Waals surface area contributed by atoms with Crippen molar-refractivity contribution in [3.8, 4) is 5.75 Å². The summed E-state index contributed by atoms with van der Waals surface area (Å²) >= 11 is 6.15. The fraction of sp³-hybridized carbons (Fsp3) is 0.632. The van der Waals surface area contributed by atoms with Gasteiger partial charge in [-0.25, -0.2) is 0 Å². The van der Waals surface area contributed by atoms with Gasteiger partial charge < -0.3 is 10.1 Å². The summed E-state index contributed by atoms with van der Waals surface area (Å²) in [6.07, 6.45) is 8.62. The van der Waals surface area contributed by atoms with Crippen LogP contribution < -0.4 is 10.1 Å². The van der Waals surface area contributed by atoms with Crippen molar-refractivity contribution in [1.82, 2.24) is 5.32 Å². The van der Waals surface area contributed by atoms with Crippen LogP contribution in [0.4, 0.5) is 0 Å². The SMILES string of the molecule is Cc1cc(OCCCC(=O)NC2CCCCCC2)cc(C)c1Cl. The van der Waals surface area contributed by atoms with Gasteiger partial charge in [0, 0.05) is 17.5 Å². The minimum atomic E-state index is 0.156. The summed E-state index contributed by atoms with van der Waals surface area (Å²) in [6, 6.07) is 4.27. The lowest BCUT2D eigenvalue weighted by Gasteiger charge is -2.16. The Labute approximate surface area is 144 Å². The lowest BCUT2D eigenvalue weighted by molar-refractivity contribution is -0.122. The van der Waals surface area contributed by atoms with Crippen molar-refractivity contribution in [1.29, 1.82) is 0 Å². The van der Waals surface area contributed by atoms with Crippen molar-refractivity contribution < 1.29 is 9.53 Å². The largest absolute Gasteiger partial charge is 0.494 e. The van der Waals surface area contributed by atoms with Crippen molar-refractivity contribution in [2.75, 3.05) is 6.61 Å². The van der Waals surface area contributed by atoms with Crippen LogP contribution in [0, 0.1) is 13.8 Å². The molecule has 23 heavy (non-hydrogen) atoms. The highest BCUT2D eigenvalue weighted by Gasteiger charge is 2.14. The first kappa shape index (κ1) is 18.1.